The molecule has 0 aliphatic rings. The van der Waals surface area contributed by atoms with E-state index < -0.39 is 0 Å². The van der Waals surface area contributed by atoms with Gasteiger partial charge in [-0.15, -0.1) is 0 Å². The summed E-state index contributed by atoms with van der Waals surface area (Å²) < 4.78 is 0.756. The molecular weight excluding hydrogens is 312 g/mol. The molecule has 0 bridgehead atoms. The monoisotopic (exact) mass is 322 g/mol. The van der Waals surface area contributed by atoms with Crippen molar-refractivity contribution in [1.82, 2.24) is 4.98 Å². The Bertz CT molecular complexity index is 579. The van der Waals surface area contributed by atoms with Crippen LogP contribution in [0, 0.1) is 6.92 Å². The molecule has 2 rings (SSSR count). The average Bonchev–Trinajstić information content (AvgIpc) is 2.83. The van der Waals surface area contributed by atoms with E-state index in [2.05, 4.69) is 26.2 Å². The van der Waals surface area contributed by atoms with Crippen LogP contribution in [0.5, 0.6) is 0 Å². The van der Waals surface area contributed by atoms with Crippen molar-refractivity contribution in [1.29, 1.82) is 0 Å². The molecule has 0 atom stereocenters. The summed E-state index contributed by atoms with van der Waals surface area (Å²) in [5.74, 6) is -0.159. The smallest absolute Gasteiger partial charge is 0.248 e. The van der Waals surface area contributed by atoms with Gasteiger partial charge in [-0.05, 0) is 62.9 Å². The third-order valence-electron chi connectivity index (χ3n) is 2.31. The molecule has 0 fully saturated rings. The zero-order valence-electron chi connectivity index (χ0n) is 9.68. The molecule has 92 valence electrons. The van der Waals surface area contributed by atoms with Crippen molar-refractivity contribution in [2.75, 3.05) is 5.32 Å². The lowest BCUT2D eigenvalue weighted by molar-refractivity contribution is -0.111. The topological polar surface area (TPSA) is 42.0 Å². The minimum absolute atomic E-state index is 0.159. The normalized spacial score (nSPS) is 10.8. The predicted octanol–water partition coefficient (Wildman–Crippen LogP) is 3.87. The number of rotatable bonds is 3. The lowest BCUT2D eigenvalue weighted by atomic mass is 10.2. The number of amides is 1. The molecular formula is C13H11BrN2OS. The minimum atomic E-state index is -0.159. The maximum absolute atomic E-state index is 11.7. The third-order valence-corrected chi connectivity index (χ3v) is 3.44. The number of aryl methyl sites for hydroxylation is 1. The maximum Gasteiger partial charge on any atom is 0.248 e. The summed E-state index contributed by atoms with van der Waals surface area (Å²) in [6.45, 7) is 1.92. The largest absolute Gasteiger partial charge is 0.321 e. The molecule has 1 amide bonds. The van der Waals surface area contributed by atoms with Gasteiger partial charge in [0.25, 0.3) is 0 Å². The first kappa shape index (κ1) is 13.0. The van der Waals surface area contributed by atoms with E-state index in [1.165, 1.54) is 6.08 Å². The lowest BCUT2D eigenvalue weighted by Crippen LogP contribution is -2.09. The number of carbonyl (C=O) groups is 1. The number of aromatic nitrogens is 1. The Labute approximate surface area is 118 Å². The Hall–Kier alpha value is -1.46. The van der Waals surface area contributed by atoms with Crippen LogP contribution in [-0.4, -0.2) is 10.9 Å². The van der Waals surface area contributed by atoms with Gasteiger partial charge in [-0.3, -0.25) is 4.79 Å². The van der Waals surface area contributed by atoms with Crippen molar-refractivity contribution in [2.24, 2.45) is 0 Å². The van der Waals surface area contributed by atoms with Gasteiger partial charge in [-0.2, -0.15) is 11.3 Å². The second-order valence-electron chi connectivity index (χ2n) is 3.70. The van der Waals surface area contributed by atoms with Gasteiger partial charge in [0.15, 0.2) is 0 Å². The van der Waals surface area contributed by atoms with Gasteiger partial charge in [-0.1, -0.05) is 0 Å². The highest BCUT2D eigenvalue weighted by Crippen LogP contribution is 2.17. The molecule has 1 N–H and O–H groups in total. The number of pyridine rings is 1. The molecule has 2 aromatic heterocycles. The van der Waals surface area contributed by atoms with Crippen molar-refractivity contribution >= 4 is 44.9 Å². The summed E-state index contributed by atoms with van der Waals surface area (Å²) >= 11 is 4.88. The number of halogens is 1. The standard InChI is InChI=1S/C13H11BrN2OS/c1-9-6-12(14)15-7-11(9)16-13(17)3-2-10-4-5-18-8-10/h2-8H,1H3,(H,16,17)/b3-2-. The van der Waals surface area contributed by atoms with Gasteiger partial charge in [0, 0.05) is 6.08 Å². The number of nitrogens with zero attached hydrogens (tertiary/aromatic N) is 1. The molecule has 3 nitrogen and oxygen atoms in total. The van der Waals surface area contributed by atoms with Gasteiger partial charge in [0.05, 0.1) is 11.9 Å². The van der Waals surface area contributed by atoms with Crippen molar-refractivity contribution in [3.05, 3.63) is 50.9 Å². The first-order valence-corrected chi connectivity index (χ1v) is 7.02. The van der Waals surface area contributed by atoms with Crippen LogP contribution in [0.25, 0.3) is 6.08 Å². The number of thiophene rings is 1. The van der Waals surface area contributed by atoms with Crippen LogP contribution < -0.4 is 5.32 Å². The van der Waals surface area contributed by atoms with Crippen molar-refractivity contribution in [2.45, 2.75) is 6.92 Å². The fraction of sp³-hybridized carbons (Fsp3) is 0.0769. The second kappa shape index (κ2) is 5.93. The molecule has 0 aliphatic carbocycles. The van der Waals surface area contributed by atoms with E-state index in [1.807, 2.05) is 29.8 Å². The van der Waals surface area contributed by atoms with Crippen LogP contribution in [-0.2, 0) is 4.79 Å². The summed E-state index contributed by atoms with van der Waals surface area (Å²) in [6, 6.07) is 3.82. The van der Waals surface area contributed by atoms with Gasteiger partial charge < -0.3 is 5.32 Å². The molecule has 0 aromatic carbocycles. The molecule has 0 aliphatic heterocycles. The third kappa shape index (κ3) is 3.51. The highest BCUT2D eigenvalue weighted by atomic mass is 79.9. The zero-order valence-corrected chi connectivity index (χ0v) is 12.1. The number of anilines is 1. The van der Waals surface area contributed by atoms with Gasteiger partial charge in [0.2, 0.25) is 5.91 Å². The number of nitrogens with one attached hydrogen (secondary N) is 1. The molecule has 0 saturated heterocycles. The van der Waals surface area contributed by atoms with Crippen LogP contribution in [0.2, 0.25) is 0 Å². The fourth-order valence-corrected chi connectivity index (χ4v) is 2.44. The van der Waals surface area contributed by atoms with Crippen LogP contribution in [0.3, 0.4) is 0 Å². The Morgan fingerprint density at radius 2 is 2.39 bits per heavy atom. The summed E-state index contributed by atoms with van der Waals surface area (Å²) in [4.78, 5) is 15.8. The van der Waals surface area contributed by atoms with E-state index in [0.717, 1.165) is 21.4 Å². The molecule has 0 unspecified atom stereocenters. The lowest BCUT2D eigenvalue weighted by Gasteiger charge is -2.05. The fourth-order valence-electron chi connectivity index (χ4n) is 1.37. The zero-order chi connectivity index (χ0) is 13.0. The Morgan fingerprint density at radius 3 is 3.06 bits per heavy atom. The molecule has 18 heavy (non-hydrogen) atoms. The molecule has 2 aromatic rings. The second-order valence-corrected chi connectivity index (χ2v) is 5.29. The Kier molecular flexibility index (Phi) is 4.28. The van der Waals surface area contributed by atoms with Crippen LogP contribution in [0.1, 0.15) is 11.1 Å². The Balaban J connectivity index is 2.03. The highest BCUT2D eigenvalue weighted by Gasteiger charge is 2.02. The van der Waals surface area contributed by atoms with Crippen LogP contribution >= 0.6 is 27.3 Å². The number of hydrogen-bond donors (Lipinski definition) is 1. The number of carbonyl (C=O) groups excluding carboxylic acids is 1. The summed E-state index contributed by atoms with van der Waals surface area (Å²) in [5, 5.41) is 6.75. The average molecular weight is 323 g/mol. The quantitative estimate of drug-likeness (QED) is 0.688. The summed E-state index contributed by atoms with van der Waals surface area (Å²) in [6.07, 6.45) is 4.94. The Morgan fingerprint density at radius 1 is 1.56 bits per heavy atom. The first-order chi connectivity index (χ1) is 8.65. The van der Waals surface area contributed by atoms with E-state index in [4.69, 9.17) is 0 Å². The van der Waals surface area contributed by atoms with E-state index in [9.17, 15) is 4.79 Å². The predicted molar refractivity (Wildman–Crippen MR) is 78.7 cm³/mol. The first-order valence-electron chi connectivity index (χ1n) is 5.28. The molecule has 2 heterocycles. The van der Waals surface area contributed by atoms with Crippen molar-refractivity contribution in [3.8, 4) is 0 Å². The van der Waals surface area contributed by atoms with Crippen molar-refractivity contribution in [3.63, 3.8) is 0 Å². The maximum atomic E-state index is 11.7. The molecule has 5 heteroatoms. The molecule has 0 saturated carbocycles. The number of hydrogen-bond acceptors (Lipinski definition) is 3. The van der Waals surface area contributed by atoms with Gasteiger partial charge in [0.1, 0.15) is 4.60 Å². The molecule has 0 spiro atoms. The van der Waals surface area contributed by atoms with E-state index in [-0.39, 0.29) is 5.91 Å². The van der Waals surface area contributed by atoms with Crippen LogP contribution in [0.4, 0.5) is 5.69 Å². The van der Waals surface area contributed by atoms with E-state index in [1.54, 1.807) is 23.6 Å². The van der Waals surface area contributed by atoms with E-state index >= 15 is 0 Å². The van der Waals surface area contributed by atoms with Crippen LogP contribution in [0.15, 0.2) is 39.8 Å². The SMILES string of the molecule is Cc1cc(Br)ncc1NC(=O)/C=C\c1ccsc1. The van der Waals surface area contributed by atoms with Gasteiger partial charge >= 0.3 is 0 Å². The van der Waals surface area contributed by atoms with Crippen molar-refractivity contribution < 1.29 is 4.79 Å². The summed E-state index contributed by atoms with van der Waals surface area (Å²) in [5.41, 5.74) is 2.72. The minimum Gasteiger partial charge on any atom is -0.321 e. The summed E-state index contributed by atoms with van der Waals surface area (Å²) in [7, 11) is 0. The highest BCUT2D eigenvalue weighted by molar-refractivity contribution is 9.10. The van der Waals surface area contributed by atoms with E-state index in [0.29, 0.717) is 0 Å². The molecule has 0 radical (unpaired) electrons. The van der Waals surface area contributed by atoms with Gasteiger partial charge in [-0.25, -0.2) is 4.98 Å².